The number of hydrogen-bond acceptors (Lipinski definition) is 4. The molecule has 0 spiro atoms. The molecule has 2 aromatic carbocycles. The van der Waals surface area contributed by atoms with Gasteiger partial charge in [-0.05, 0) is 42.8 Å². The van der Waals surface area contributed by atoms with E-state index in [-0.39, 0.29) is 12.0 Å². The molecular weight excluding hydrogens is 306 g/mol. The molecule has 1 atom stereocenters. The molecule has 0 saturated heterocycles. The molecule has 5 heteroatoms. The Bertz CT molecular complexity index is 787. The van der Waals surface area contributed by atoms with Crippen LogP contribution in [0.2, 0.25) is 0 Å². The van der Waals surface area contributed by atoms with Crippen molar-refractivity contribution in [2.24, 2.45) is 0 Å². The highest BCUT2D eigenvalue weighted by atomic mass is 16.5. The summed E-state index contributed by atoms with van der Waals surface area (Å²) in [4.78, 5) is 12.5. The lowest BCUT2D eigenvalue weighted by Gasteiger charge is -2.11. The Labute approximate surface area is 140 Å². The van der Waals surface area contributed by atoms with E-state index in [2.05, 4.69) is 5.32 Å². The quantitative estimate of drug-likeness (QED) is 0.919. The van der Waals surface area contributed by atoms with Crippen LogP contribution in [0.3, 0.4) is 0 Å². The van der Waals surface area contributed by atoms with Crippen LogP contribution in [0.5, 0.6) is 17.2 Å². The molecule has 2 aliphatic rings. The van der Waals surface area contributed by atoms with Gasteiger partial charge in [0.2, 0.25) is 0 Å². The topological polar surface area (TPSA) is 56.8 Å². The van der Waals surface area contributed by atoms with Crippen molar-refractivity contribution in [3.8, 4) is 17.2 Å². The summed E-state index contributed by atoms with van der Waals surface area (Å²) in [6, 6.07) is 11.0. The first-order valence-electron chi connectivity index (χ1n) is 8.19. The van der Waals surface area contributed by atoms with Gasteiger partial charge in [-0.3, -0.25) is 4.79 Å². The lowest BCUT2D eigenvalue weighted by molar-refractivity contribution is 0.102. The van der Waals surface area contributed by atoms with Gasteiger partial charge in [-0.2, -0.15) is 0 Å². The largest absolute Gasteiger partial charge is 0.490 e. The molecule has 5 nitrogen and oxygen atoms in total. The first-order chi connectivity index (χ1) is 11.7. The SMILES string of the molecule is CC1Cc2cc(C(=O)Nc3ccc4c(c3)OCCCO4)ccc2O1. The molecule has 2 heterocycles. The maximum Gasteiger partial charge on any atom is 0.255 e. The maximum absolute atomic E-state index is 12.5. The van der Waals surface area contributed by atoms with Gasteiger partial charge < -0.3 is 19.5 Å². The minimum atomic E-state index is -0.146. The Kier molecular flexibility index (Phi) is 3.76. The monoisotopic (exact) mass is 325 g/mol. The Morgan fingerprint density at radius 3 is 2.71 bits per heavy atom. The lowest BCUT2D eigenvalue weighted by atomic mass is 10.1. The summed E-state index contributed by atoms with van der Waals surface area (Å²) < 4.78 is 16.9. The van der Waals surface area contributed by atoms with Gasteiger partial charge in [0.1, 0.15) is 11.9 Å². The fourth-order valence-electron chi connectivity index (χ4n) is 3.01. The van der Waals surface area contributed by atoms with E-state index in [9.17, 15) is 4.79 Å². The molecule has 4 rings (SSSR count). The van der Waals surface area contributed by atoms with E-state index in [4.69, 9.17) is 14.2 Å². The van der Waals surface area contributed by atoms with Crippen molar-refractivity contribution in [3.63, 3.8) is 0 Å². The molecule has 0 fully saturated rings. The van der Waals surface area contributed by atoms with Crippen molar-refractivity contribution in [3.05, 3.63) is 47.5 Å². The van der Waals surface area contributed by atoms with Gasteiger partial charge in [0.15, 0.2) is 11.5 Å². The van der Waals surface area contributed by atoms with Gasteiger partial charge in [-0.1, -0.05) is 0 Å². The summed E-state index contributed by atoms with van der Waals surface area (Å²) in [7, 11) is 0. The summed E-state index contributed by atoms with van der Waals surface area (Å²) in [5, 5.41) is 2.92. The lowest BCUT2D eigenvalue weighted by Crippen LogP contribution is -2.12. The van der Waals surface area contributed by atoms with E-state index < -0.39 is 0 Å². The van der Waals surface area contributed by atoms with Gasteiger partial charge >= 0.3 is 0 Å². The molecule has 2 aromatic rings. The highest BCUT2D eigenvalue weighted by Crippen LogP contribution is 2.33. The Morgan fingerprint density at radius 2 is 1.83 bits per heavy atom. The second-order valence-electron chi connectivity index (χ2n) is 6.12. The average Bonchev–Trinajstić information content (AvgIpc) is 2.79. The van der Waals surface area contributed by atoms with Gasteiger partial charge in [0.25, 0.3) is 5.91 Å². The third-order valence-corrected chi connectivity index (χ3v) is 4.16. The minimum absolute atomic E-state index is 0.146. The van der Waals surface area contributed by atoms with Crippen molar-refractivity contribution in [2.75, 3.05) is 18.5 Å². The molecule has 0 radical (unpaired) electrons. The Hall–Kier alpha value is -2.69. The molecule has 124 valence electrons. The van der Waals surface area contributed by atoms with Crippen LogP contribution in [0, 0.1) is 0 Å². The van der Waals surface area contributed by atoms with Gasteiger partial charge in [-0.15, -0.1) is 0 Å². The van der Waals surface area contributed by atoms with E-state index in [1.54, 1.807) is 12.1 Å². The van der Waals surface area contributed by atoms with Crippen molar-refractivity contribution in [1.82, 2.24) is 0 Å². The van der Waals surface area contributed by atoms with Crippen molar-refractivity contribution in [1.29, 1.82) is 0 Å². The highest BCUT2D eigenvalue weighted by molar-refractivity contribution is 6.04. The number of benzene rings is 2. The molecule has 0 aromatic heterocycles. The number of rotatable bonds is 2. The van der Waals surface area contributed by atoms with Crippen molar-refractivity contribution in [2.45, 2.75) is 25.9 Å². The van der Waals surface area contributed by atoms with Crippen LogP contribution >= 0.6 is 0 Å². The third kappa shape index (κ3) is 2.89. The van der Waals surface area contributed by atoms with Crippen LogP contribution in [0.1, 0.15) is 29.3 Å². The predicted molar refractivity (Wildman–Crippen MR) is 90.2 cm³/mol. The van der Waals surface area contributed by atoms with E-state index >= 15 is 0 Å². The fraction of sp³-hybridized carbons (Fsp3) is 0.316. The van der Waals surface area contributed by atoms with Crippen molar-refractivity contribution >= 4 is 11.6 Å². The number of anilines is 1. The zero-order chi connectivity index (χ0) is 16.5. The number of hydrogen-bond donors (Lipinski definition) is 1. The number of carbonyl (C=O) groups excluding carboxylic acids is 1. The van der Waals surface area contributed by atoms with E-state index in [0.717, 1.165) is 24.2 Å². The van der Waals surface area contributed by atoms with Crippen LogP contribution in [0.15, 0.2) is 36.4 Å². The van der Waals surface area contributed by atoms with Crippen LogP contribution in [-0.4, -0.2) is 25.2 Å². The molecule has 0 bridgehead atoms. The van der Waals surface area contributed by atoms with E-state index in [1.165, 1.54) is 0 Å². The Balaban J connectivity index is 1.52. The summed E-state index contributed by atoms with van der Waals surface area (Å²) in [6.45, 7) is 3.29. The second kappa shape index (κ2) is 6.07. The second-order valence-corrected chi connectivity index (χ2v) is 6.12. The number of carbonyl (C=O) groups is 1. The Morgan fingerprint density at radius 1 is 1.04 bits per heavy atom. The number of fused-ring (bicyclic) bond motifs is 2. The standard InChI is InChI=1S/C19H19NO4/c1-12-9-14-10-13(3-5-16(14)24-12)19(21)20-15-4-6-17-18(11-15)23-8-2-7-22-17/h3-6,10-12H,2,7-9H2,1H3,(H,20,21). The molecule has 0 aliphatic carbocycles. The zero-order valence-corrected chi connectivity index (χ0v) is 13.5. The molecule has 1 amide bonds. The molecule has 1 unspecified atom stereocenters. The van der Waals surface area contributed by atoms with E-state index in [1.807, 2.05) is 31.2 Å². The average molecular weight is 325 g/mol. The predicted octanol–water partition coefficient (Wildman–Crippen LogP) is 3.42. The smallest absolute Gasteiger partial charge is 0.255 e. The number of ether oxygens (including phenoxy) is 3. The van der Waals surface area contributed by atoms with Gasteiger partial charge in [0, 0.05) is 30.2 Å². The molecular formula is C19H19NO4. The number of amides is 1. The van der Waals surface area contributed by atoms with Crippen LogP contribution in [0.4, 0.5) is 5.69 Å². The normalized spacial score (nSPS) is 18.3. The summed E-state index contributed by atoms with van der Waals surface area (Å²) in [6.07, 6.45) is 1.85. The minimum Gasteiger partial charge on any atom is -0.490 e. The molecule has 2 aliphatic heterocycles. The number of nitrogens with one attached hydrogen (secondary N) is 1. The van der Waals surface area contributed by atoms with Crippen LogP contribution < -0.4 is 19.5 Å². The molecule has 0 saturated carbocycles. The van der Waals surface area contributed by atoms with Crippen LogP contribution in [0.25, 0.3) is 0 Å². The van der Waals surface area contributed by atoms with E-state index in [0.29, 0.717) is 36.0 Å². The summed E-state index contributed by atoms with van der Waals surface area (Å²) in [5.41, 5.74) is 2.39. The van der Waals surface area contributed by atoms with Crippen LogP contribution in [-0.2, 0) is 6.42 Å². The third-order valence-electron chi connectivity index (χ3n) is 4.16. The zero-order valence-electron chi connectivity index (χ0n) is 13.5. The fourth-order valence-corrected chi connectivity index (χ4v) is 3.01. The molecule has 1 N–H and O–H groups in total. The van der Waals surface area contributed by atoms with Gasteiger partial charge in [0.05, 0.1) is 13.2 Å². The summed E-state index contributed by atoms with van der Waals surface area (Å²) in [5.74, 6) is 2.11. The first kappa shape index (κ1) is 14.9. The maximum atomic E-state index is 12.5. The summed E-state index contributed by atoms with van der Waals surface area (Å²) >= 11 is 0. The van der Waals surface area contributed by atoms with Gasteiger partial charge in [-0.25, -0.2) is 0 Å². The highest BCUT2D eigenvalue weighted by Gasteiger charge is 2.20. The van der Waals surface area contributed by atoms with Crippen molar-refractivity contribution < 1.29 is 19.0 Å². The molecule has 24 heavy (non-hydrogen) atoms. The first-order valence-corrected chi connectivity index (χ1v) is 8.19.